The second kappa shape index (κ2) is 11.7. The first-order valence-corrected chi connectivity index (χ1v) is 9.74. The molecule has 2 aromatic carbocycles. The lowest BCUT2D eigenvalue weighted by atomic mass is 10.1. The van der Waals surface area contributed by atoms with E-state index < -0.39 is 0 Å². The summed E-state index contributed by atoms with van der Waals surface area (Å²) in [7, 11) is 4.77. The number of hydrogen-bond donors (Lipinski definition) is 2. The van der Waals surface area contributed by atoms with Gasteiger partial charge in [-0.05, 0) is 44.2 Å². The molecule has 0 radical (unpaired) electrons. The lowest BCUT2D eigenvalue weighted by Gasteiger charge is -2.18. The molecular formula is C22H30FN3O4. The van der Waals surface area contributed by atoms with Gasteiger partial charge in [0.1, 0.15) is 23.4 Å². The van der Waals surface area contributed by atoms with Crippen LogP contribution in [0.15, 0.2) is 41.4 Å². The van der Waals surface area contributed by atoms with Gasteiger partial charge in [-0.15, -0.1) is 0 Å². The highest BCUT2D eigenvalue weighted by atomic mass is 19.1. The molecule has 0 saturated carbocycles. The van der Waals surface area contributed by atoms with Crippen molar-refractivity contribution in [3.63, 3.8) is 0 Å². The molecule has 2 aromatic rings. The second-order valence-electron chi connectivity index (χ2n) is 6.48. The number of halogens is 1. The molecule has 2 N–H and O–H groups in total. The summed E-state index contributed by atoms with van der Waals surface area (Å²) in [5, 5.41) is 6.46. The Kier molecular flexibility index (Phi) is 9.05. The fourth-order valence-corrected chi connectivity index (χ4v) is 2.75. The van der Waals surface area contributed by atoms with Gasteiger partial charge in [0, 0.05) is 18.2 Å². The largest absolute Gasteiger partial charge is 0.496 e. The van der Waals surface area contributed by atoms with Crippen molar-refractivity contribution in [2.24, 2.45) is 4.99 Å². The third-order valence-electron chi connectivity index (χ3n) is 4.25. The fraction of sp³-hybridized carbons (Fsp3) is 0.409. The number of hydrogen-bond acceptors (Lipinski definition) is 5. The zero-order valence-electron chi connectivity index (χ0n) is 18.1. The smallest absolute Gasteiger partial charge is 0.191 e. The van der Waals surface area contributed by atoms with E-state index in [2.05, 4.69) is 15.6 Å². The van der Waals surface area contributed by atoms with Gasteiger partial charge in [-0.2, -0.15) is 0 Å². The number of ether oxygens (including phenoxy) is 4. The zero-order chi connectivity index (χ0) is 21.9. The first kappa shape index (κ1) is 23.1. The zero-order valence-corrected chi connectivity index (χ0v) is 18.1. The monoisotopic (exact) mass is 419 g/mol. The molecule has 8 heteroatoms. The van der Waals surface area contributed by atoms with Crippen LogP contribution in [-0.4, -0.2) is 46.5 Å². The SMILES string of the molecule is CCNC(=NCc1cc(OC)c(OC)cc1OC)NCC(C)Oc1ccc(F)cc1. The highest BCUT2D eigenvalue weighted by Gasteiger charge is 2.12. The Balaban J connectivity index is 2.04. The molecule has 0 amide bonds. The van der Waals surface area contributed by atoms with Gasteiger partial charge in [0.25, 0.3) is 0 Å². The molecule has 0 aromatic heterocycles. The van der Waals surface area contributed by atoms with Crippen molar-refractivity contribution >= 4 is 5.96 Å². The molecule has 7 nitrogen and oxygen atoms in total. The molecule has 30 heavy (non-hydrogen) atoms. The van der Waals surface area contributed by atoms with E-state index in [-0.39, 0.29) is 11.9 Å². The highest BCUT2D eigenvalue weighted by molar-refractivity contribution is 5.79. The Morgan fingerprint density at radius 2 is 1.60 bits per heavy atom. The van der Waals surface area contributed by atoms with Gasteiger partial charge >= 0.3 is 0 Å². The Bertz CT molecular complexity index is 828. The number of guanidine groups is 1. The van der Waals surface area contributed by atoms with Crippen LogP contribution in [0.3, 0.4) is 0 Å². The van der Waals surface area contributed by atoms with E-state index in [0.29, 0.717) is 48.6 Å². The molecule has 0 heterocycles. The predicted octanol–water partition coefficient (Wildman–Crippen LogP) is 3.37. The molecule has 0 bridgehead atoms. The molecule has 0 aliphatic rings. The molecule has 1 unspecified atom stereocenters. The average molecular weight is 419 g/mol. The summed E-state index contributed by atoms with van der Waals surface area (Å²) in [6, 6.07) is 9.59. The minimum Gasteiger partial charge on any atom is -0.496 e. The summed E-state index contributed by atoms with van der Waals surface area (Å²) in [6.45, 7) is 5.53. The minimum atomic E-state index is -0.291. The molecule has 1 atom stereocenters. The maximum atomic E-state index is 13.0. The van der Waals surface area contributed by atoms with Gasteiger partial charge in [0.05, 0.1) is 34.4 Å². The van der Waals surface area contributed by atoms with Crippen LogP contribution in [0.4, 0.5) is 4.39 Å². The normalized spacial score (nSPS) is 12.1. The van der Waals surface area contributed by atoms with E-state index in [4.69, 9.17) is 18.9 Å². The number of aliphatic imine (C=N–C) groups is 1. The number of methoxy groups -OCH3 is 3. The summed E-state index contributed by atoms with van der Waals surface area (Å²) >= 11 is 0. The van der Waals surface area contributed by atoms with Gasteiger partial charge < -0.3 is 29.6 Å². The van der Waals surface area contributed by atoms with Crippen LogP contribution in [0.5, 0.6) is 23.0 Å². The van der Waals surface area contributed by atoms with Crippen molar-refractivity contribution in [1.29, 1.82) is 0 Å². The van der Waals surface area contributed by atoms with Gasteiger partial charge in [-0.1, -0.05) is 0 Å². The number of nitrogens with one attached hydrogen (secondary N) is 2. The summed E-state index contributed by atoms with van der Waals surface area (Å²) < 4.78 is 35.0. The van der Waals surface area contributed by atoms with Crippen LogP contribution >= 0.6 is 0 Å². The lowest BCUT2D eigenvalue weighted by Crippen LogP contribution is -2.41. The van der Waals surface area contributed by atoms with Gasteiger partial charge in [-0.3, -0.25) is 0 Å². The third kappa shape index (κ3) is 6.72. The van der Waals surface area contributed by atoms with Crippen LogP contribution in [0.2, 0.25) is 0 Å². The van der Waals surface area contributed by atoms with Crippen molar-refractivity contribution in [2.75, 3.05) is 34.4 Å². The summed E-state index contributed by atoms with van der Waals surface area (Å²) in [5.41, 5.74) is 0.864. The van der Waals surface area contributed by atoms with Crippen LogP contribution in [-0.2, 0) is 6.54 Å². The maximum Gasteiger partial charge on any atom is 0.191 e. The van der Waals surface area contributed by atoms with Crippen molar-refractivity contribution in [3.05, 3.63) is 47.8 Å². The lowest BCUT2D eigenvalue weighted by molar-refractivity contribution is 0.223. The standard InChI is InChI=1S/C22H30FN3O4/c1-6-24-22(25-13-15(2)30-18-9-7-17(23)8-10-18)26-14-16-11-20(28-4)21(29-5)12-19(16)27-3/h7-12,15H,6,13-14H2,1-5H3,(H2,24,25,26). The first-order valence-electron chi connectivity index (χ1n) is 9.74. The summed E-state index contributed by atoms with van der Waals surface area (Å²) in [5.74, 6) is 2.84. The van der Waals surface area contributed by atoms with Crippen LogP contribution < -0.4 is 29.6 Å². The van der Waals surface area contributed by atoms with Gasteiger partial charge in [0.15, 0.2) is 17.5 Å². The molecule has 164 valence electrons. The summed E-state index contributed by atoms with van der Waals surface area (Å²) in [4.78, 5) is 4.63. The van der Waals surface area contributed by atoms with E-state index in [0.717, 1.165) is 5.56 Å². The van der Waals surface area contributed by atoms with Crippen molar-refractivity contribution in [2.45, 2.75) is 26.5 Å². The van der Waals surface area contributed by atoms with Crippen LogP contribution in [0.1, 0.15) is 19.4 Å². The van der Waals surface area contributed by atoms with Gasteiger partial charge in [0.2, 0.25) is 0 Å². The van der Waals surface area contributed by atoms with Crippen LogP contribution in [0, 0.1) is 5.82 Å². The van der Waals surface area contributed by atoms with E-state index in [9.17, 15) is 4.39 Å². The molecule has 0 spiro atoms. The van der Waals surface area contributed by atoms with Crippen molar-refractivity contribution in [1.82, 2.24) is 10.6 Å². The number of rotatable bonds is 10. The van der Waals surface area contributed by atoms with Crippen molar-refractivity contribution < 1.29 is 23.3 Å². The fourth-order valence-electron chi connectivity index (χ4n) is 2.75. The van der Waals surface area contributed by atoms with E-state index >= 15 is 0 Å². The molecule has 0 saturated heterocycles. The van der Waals surface area contributed by atoms with E-state index in [1.165, 1.54) is 12.1 Å². The van der Waals surface area contributed by atoms with E-state index in [1.54, 1.807) is 39.5 Å². The predicted molar refractivity (Wildman–Crippen MR) is 115 cm³/mol. The second-order valence-corrected chi connectivity index (χ2v) is 6.48. The molecule has 0 aliphatic heterocycles. The minimum absolute atomic E-state index is 0.144. The average Bonchev–Trinajstić information content (AvgIpc) is 2.76. The van der Waals surface area contributed by atoms with E-state index in [1.807, 2.05) is 19.9 Å². The molecule has 0 aliphatic carbocycles. The Morgan fingerprint density at radius 3 is 2.20 bits per heavy atom. The van der Waals surface area contributed by atoms with Gasteiger partial charge in [-0.25, -0.2) is 9.38 Å². The maximum absolute atomic E-state index is 13.0. The van der Waals surface area contributed by atoms with Crippen molar-refractivity contribution in [3.8, 4) is 23.0 Å². The third-order valence-corrected chi connectivity index (χ3v) is 4.25. The number of nitrogens with zero attached hydrogens (tertiary/aromatic N) is 1. The Hall–Kier alpha value is -3.16. The molecule has 2 rings (SSSR count). The first-order chi connectivity index (χ1) is 14.5. The molecular weight excluding hydrogens is 389 g/mol. The molecule has 0 fully saturated rings. The Labute approximate surface area is 177 Å². The quantitative estimate of drug-likeness (QED) is 0.454. The summed E-state index contributed by atoms with van der Waals surface area (Å²) in [6.07, 6.45) is -0.144. The van der Waals surface area contributed by atoms with Crippen LogP contribution in [0.25, 0.3) is 0 Å². The number of benzene rings is 2. The highest BCUT2D eigenvalue weighted by Crippen LogP contribution is 2.34. The Morgan fingerprint density at radius 1 is 0.967 bits per heavy atom. The topological polar surface area (TPSA) is 73.3 Å².